The van der Waals surface area contributed by atoms with Crippen LogP contribution in [0.3, 0.4) is 0 Å². The summed E-state index contributed by atoms with van der Waals surface area (Å²) in [6.45, 7) is 11.2. The maximum Gasteiger partial charge on any atom is 0.122 e. The minimum Gasteiger partial charge on any atom is -0.496 e. The van der Waals surface area contributed by atoms with Crippen molar-refractivity contribution in [3.8, 4) is 11.5 Å². The van der Waals surface area contributed by atoms with E-state index in [1.807, 2.05) is 12.1 Å². The van der Waals surface area contributed by atoms with Crippen LogP contribution < -0.4 is 9.47 Å². The molecule has 0 saturated heterocycles. The monoisotopic (exact) mass is 451 g/mol. The summed E-state index contributed by atoms with van der Waals surface area (Å²) >= 11 is 6.22. The first-order chi connectivity index (χ1) is 15.3. The second kappa shape index (κ2) is 10.9. The topological polar surface area (TPSA) is 21.7 Å². The molecule has 0 bridgehead atoms. The molecular formula is C28H34ClNO2. The molecule has 3 rings (SSSR count). The zero-order valence-electron chi connectivity index (χ0n) is 20.1. The molecule has 3 nitrogen and oxygen atoms in total. The van der Waals surface area contributed by atoms with Gasteiger partial charge in [0, 0.05) is 24.7 Å². The molecular weight excluding hydrogens is 418 g/mol. The van der Waals surface area contributed by atoms with Crippen LogP contribution in [0.15, 0.2) is 48.5 Å². The highest BCUT2D eigenvalue weighted by Gasteiger charge is 2.14. The summed E-state index contributed by atoms with van der Waals surface area (Å²) in [6.07, 6.45) is 0.947. The minimum absolute atomic E-state index is 0.789. The van der Waals surface area contributed by atoms with E-state index < -0.39 is 0 Å². The Kier molecular flexibility index (Phi) is 8.22. The lowest BCUT2D eigenvalue weighted by Crippen LogP contribution is -2.26. The number of hydrogen-bond donors (Lipinski definition) is 0. The Morgan fingerprint density at radius 2 is 1.25 bits per heavy atom. The number of methoxy groups -OCH3 is 2. The van der Waals surface area contributed by atoms with Gasteiger partial charge in [-0.15, -0.1) is 0 Å². The van der Waals surface area contributed by atoms with Crippen LogP contribution in [0.5, 0.6) is 11.5 Å². The normalized spacial score (nSPS) is 11.1. The summed E-state index contributed by atoms with van der Waals surface area (Å²) in [7, 11) is 3.46. The summed E-state index contributed by atoms with van der Waals surface area (Å²) in [4.78, 5) is 2.52. The fraction of sp³-hybridized carbons (Fsp3) is 0.357. The molecule has 4 heteroatoms. The van der Waals surface area contributed by atoms with E-state index in [0.29, 0.717) is 0 Å². The molecule has 0 N–H and O–H groups in total. The molecule has 3 aromatic rings. The summed E-state index contributed by atoms with van der Waals surface area (Å²) in [5.41, 5.74) is 8.76. The maximum absolute atomic E-state index is 6.22. The molecule has 0 spiro atoms. The molecule has 3 aromatic carbocycles. The van der Waals surface area contributed by atoms with Gasteiger partial charge in [-0.25, -0.2) is 0 Å². The molecule has 0 radical (unpaired) electrons. The second-order valence-electron chi connectivity index (χ2n) is 8.59. The predicted octanol–water partition coefficient (Wildman–Crippen LogP) is 6.84. The van der Waals surface area contributed by atoms with Gasteiger partial charge >= 0.3 is 0 Å². The molecule has 0 aliphatic heterocycles. The van der Waals surface area contributed by atoms with Gasteiger partial charge in [-0.2, -0.15) is 0 Å². The highest BCUT2D eigenvalue weighted by molar-refractivity contribution is 6.30. The molecule has 0 aliphatic carbocycles. The van der Waals surface area contributed by atoms with E-state index in [4.69, 9.17) is 21.1 Å². The lowest BCUT2D eigenvalue weighted by atomic mass is 10.0. The quantitative estimate of drug-likeness (QED) is 0.355. The van der Waals surface area contributed by atoms with Crippen LogP contribution in [0, 0.1) is 27.7 Å². The zero-order chi connectivity index (χ0) is 23.3. The molecule has 32 heavy (non-hydrogen) atoms. The van der Waals surface area contributed by atoms with Gasteiger partial charge in [-0.05, 0) is 97.3 Å². The molecule has 0 fully saturated rings. The number of halogens is 1. The van der Waals surface area contributed by atoms with Crippen molar-refractivity contribution in [3.63, 3.8) is 0 Å². The van der Waals surface area contributed by atoms with E-state index in [1.165, 1.54) is 38.9 Å². The number of nitrogens with zero attached hydrogens (tertiary/aromatic N) is 1. The van der Waals surface area contributed by atoms with Crippen LogP contribution in [-0.4, -0.2) is 25.7 Å². The third-order valence-corrected chi connectivity index (χ3v) is 6.34. The number of benzene rings is 3. The summed E-state index contributed by atoms with van der Waals surface area (Å²) in [5.74, 6) is 1.89. The van der Waals surface area contributed by atoms with E-state index in [2.05, 4.69) is 69.0 Å². The summed E-state index contributed by atoms with van der Waals surface area (Å²) in [5, 5.41) is 0.789. The van der Waals surface area contributed by atoms with Crippen molar-refractivity contribution in [1.82, 2.24) is 4.90 Å². The van der Waals surface area contributed by atoms with E-state index in [1.54, 1.807) is 14.2 Å². The number of hydrogen-bond acceptors (Lipinski definition) is 3. The van der Waals surface area contributed by atoms with Crippen molar-refractivity contribution in [2.45, 2.75) is 47.2 Å². The van der Waals surface area contributed by atoms with E-state index in [9.17, 15) is 0 Å². The Labute approximate surface area is 197 Å². The Bertz CT molecular complexity index is 1020. The Morgan fingerprint density at radius 1 is 0.719 bits per heavy atom. The zero-order valence-corrected chi connectivity index (χ0v) is 20.8. The molecule has 0 atom stereocenters. The average Bonchev–Trinajstić information content (AvgIpc) is 2.76. The van der Waals surface area contributed by atoms with Crippen LogP contribution in [0.2, 0.25) is 5.02 Å². The second-order valence-corrected chi connectivity index (χ2v) is 9.02. The van der Waals surface area contributed by atoms with E-state index in [0.717, 1.165) is 42.6 Å². The molecule has 0 unspecified atom stereocenters. The number of aryl methyl sites for hydroxylation is 4. The molecule has 170 valence electrons. The van der Waals surface area contributed by atoms with Crippen LogP contribution in [0.4, 0.5) is 0 Å². The van der Waals surface area contributed by atoms with Crippen LogP contribution in [-0.2, 0) is 19.5 Å². The van der Waals surface area contributed by atoms with Gasteiger partial charge in [0.15, 0.2) is 0 Å². The first-order valence-corrected chi connectivity index (χ1v) is 11.4. The van der Waals surface area contributed by atoms with Gasteiger partial charge in [0.25, 0.3) is 0 Å². The fourth-order valence-electron chi connectivity index (χ4n) is 4.15. The van der Waals surface area contributed by atoms with Crippen molar-refractivity contribution in [3.05, 3.63) is 92.5 Å². The molecule has 0 heterocycles. The lowest BCUT2D eigenvalue weighted by molar-refractivity contribution is 0.258. The maximum atomic E-state index is 6.22. The Balaban J connectivity index is 1.87. The number of ether oxygens (including phenoxy) is 2. The first kappa shape index (κ1) is 24.2. The Morgan fingerprint density at radius 3 is 1.72 bits per heavy atom. The highest BCUT2D eigenvalue weighted by Crippen LogP contribution is 2.27. The van der Waals surface area contributed by atoms with Gasteiger partial charge in [0.05, 0.1) is 14.2 Å². The highest BCUT2D eigenvalue weighted by atomic mass is 35.5. The van der Waals surface area contributed by atoms with Crippen molar-refractivity contribution < 1.29 is 9.47 Å². The minimum atomic E-state index is 0.789. The van der Waals surface area contributed by atoms with Crippen LogP contribution in [0.25, 0.3) is 0 Å². The van der Waals surface area contributed by atoms with E-state index in [-0.39, 0.29) is 0 Å². The third-order valence-electron chi connectivity index (χ3n) is 6.10. The molecule has 0 aliphatic rings. The van der Waals surface area contributed by atoms with Gasteiger partial charge in [0.1, 0.15) is 11.5 Å². The molecule has 0 amide bonds. The van der Waals surface area contributed by atoms with Crippen LogP contribution in [0.1, 0.15) is 38.9 Å². The van der Waals surface area contributed by atoms with Gasteiger partial charge in [-0.3, -0.25) is 4.90 Å². The summed E-state index contributed by atoms with van der Waals surface area (Å²) in [6, 6.07) is 17.0. The molecule has 0 aromatic heterocycles. The number of rotatable bonds is 9. The van der Waals surface area contributed by atoms with Crippen molar-refractivity contribution in [2.75, 3.05) is 20.8 Å². The van der Waals surface area contributed by atoms with Crippen molar-refractivity contribution in [1.29, 1.82) is 0 Å². The van der Waals surface area contributed by atoms with Gasteiger partial charge < -0.3 is 9.47 Å². The van der Waals surface area contributed by atoms with Gasteiger partial charge in [-0.1, -0.05) is 35.9 Å². The lowest BCUT2D eigenvalue weighted by Gasteiger charge is -2.25. The van der Waals surface area contributed by atoms with Crippen LogP contribution >= 0.6 is 11.6 Å². The van der Waals surface area contributed by atoms with E-state index >= 15 is 0 Å². The Hall–Kier alpha value is -2.49. The smallest absolute Gasteiger partial charge is 0.122 e. The third kappa shape index (κ3) is 6.05. The SMILES string of the molecule is COc1cc(C)c(CN(CCc2cccc(Cl)c2)Cc2cc(C)c(OC)cc2C)cc1C. The standard InChI is InChI=1S/C28H34ClNO2/c1-19-14-27(31-5)21(3)12-24(19)17-30(11-10-23-8-7-9-26(29)16-23)18-25-13-22(4)28(32-6)15-20(25)2/h7-9,12-16H,10-11,17-18H2,1-6H3. The van der Waals surface area contributed by atoms with Gasteiger partial charge in [0.2, 0.25) is 0 Å². The first-order valence-electron chi connectivity index (χ1n) is 11.1. The van der Waals surface area contributed by atoms with Crippen molar-refractivity contribution >= 4 is 11.6 Å². The largest absolute Gasteiger partial charge is 0.496 e. The summed E-state index contributed by atoms with van der Waals surface area (Å²) < 4.78 is 11.0. The molecule has 0 saturated carbocycles. The average molecular weight is 452 g/mol. The predicted molar refractivity (Wildman–Crippen MR) is 134 cm³/mol. The fourth-order valence-corrected chi connectivity index (χ4v) is 4.37. The van der Waals surface area contributed by atoms with Crippen molar-refractivity contribution in [2.24, 2.45) is 0 Å².